The van der Waals surface area contributed by atoms with Gasteiger partial charge in [-0.3, -0.25) is 19.6 Å². The third kappa shape index (κ3) is 7.08. The summed E-state index contributed by atoms with van der Waals surface area (Å²) in [5.41, 5.74) is 16.8. The lowest BCUT2D eigenvalue weighted by Crippen LogP contribution is -2.15. The van der Waals surface area contributed by atoms with Gasteiger partial charge in [-0.1, -0.05) is 0 Å². The second kappa shape index (κ2) is 14.1. The molecule has 6 N–H and O–H groups in total. The number of nitrogen functional groups attached to an aromatic ring is 2. The number of rotatable bonds is 8. The first kappa shape index (κ1) is 34.0. The van der Waals surface area contributed by atoms with Gasteiger partial charge < -0.3 is 31.6 Å². The van der Waals surface area contributed by atoms with Gasteiger partial charge in [0.25, 0.3) is 0 Å². The van der Waals surface area contributed by atoms with Gasteiger partial charge in [-0.15, -0.1) is 0 Å². The Kier molecular flexibility index (Phi) is 9.20. The number of carbonyl (C=O) groups excluding carboxylic acids is 2. The number of nitrogens with zero attached hydrogens (tertiary/aromatic N) is 4. The van der Waals surface area contributed by atoms with Crippen LogP contribution in [-0.2, 0) is 9.59 Å². The first-order valence-electron chi connectivity index (χ1n) is 16.4. The van der Waals surface area contributed by atoms with Crippen molar-refractivity contribution in [2.75, 3.05) is 36.3 Å². The minimum absolute atomic E-state index is 0.275. The normalized spacial score (nSPS) is 18.5. The molecule has 8 rings (SSSR count). The summed E-state index contributed by atoms with van der Waals surface area (Å²) in [7, 11) is 3.19. The van der Waals surface area contributed by atoms with Gasteiger partial charge >= 0.3 is 0 Å². The predicted molar refractivity (Wildman–Crippen MR) is 195 cm³/mol. The minimum Gasteiger partial charge on any atom is -0.496 e. The van der Waals surface area contributed by atoms with E-state index in [0.29, 0.717) is 34.5 Å². The number of carbonyl (C=O) groups is 2. The summed E-state index contributed by atoms with van der Waals surface area (Å²) in [5.74, 6) is 0.289. The van der Waals surface area contributed by atoms with Crippen LogP contribution < -0.4 is 31.6 Å². The predicted octanol–water partition coefficient (Wildman–Crippen LogP) is 6.37. The molecule has 2 saturated carbocycles. The van der Waals surface area contributed by atoms with E-state index in [2.05, 4.69) is 30.6 Å². The van der Waals surface area contributed by atoms with Crippen LogP contribution in [0.15, 0.2) is 85.7 Å². The molecule has 52 heavy (non-hydrogen) atoms. The molecule has 2 fully saturated rings. The molecule has 14 heteroatoms. The monoisotopic (exact) mass is 704 g/mol. The number of aromatic nitrogens is 4. The number of nitrogens with two attached hydrogens (primary N) is 2. The Morgan fingerprint density at radius 3 is 1.44 bits per heavy atom. The van der Waals surface area contributed by atoms with E-state index in [1.807, 2.05) is 24.3 Å². The maximum atomic E-state index is 13.0. The van der Waals surface area contributed by atoms with E-state index in [9.17, 15) is 18.4 Å². The number of ether oxygens (including phenoxy) is 2. The van der Waals surface area contributed by atoms with Gasteiger partial charge in [-0.25, -0.2) is 18.7 Å². The number of halogens is 2. The summed E-state index contributed by atoms with van der Waals surface area (Å²) in [6, 6.07) is 14.5. The van der Waals surface area contributed by atoms with E-state index in [0.717, 1.165) is 43.8 Å². The van der Waals surface area contributed by atoms with Crippen LogP contribution in [0.3, 0.4) is 0 Å². The molecule has 2 aliphatic rings. The fourth-order valence-electron chi connectivity index (χ4n) is 5.88. The molecule has 0 spiro atoms. The van der Waals surface area contributed by atoms with Gasteiger partial charge in [-0.2, -0.15) is 0 Å². The first-order valence-corrected chi connectivity index (χ1v) is 16.4. The van der Waals surface area contributed by atoms with E-state index >= 15 is 0 Å². The molecule has 0 aliphatic heterocycles. The van der Waals surface area contributed by atoms with E-state index < -0.39 is 24.2 Å². The van der Waals surface area contributed by atoms with Crippen molar-refractivity contribution >= 4 is 56.4 Å². The highest BCUT2D eigenvalue weighted by atomic mass is 19.1. The second-order valence-electron chi connectivity index (χ2n) is 12.6. The smallest absolute Gasteiger partial charge is 0.231 e. The highest BCUT2D eigenvalue weighted by molar-refractivity contribution is 6.02. The molecule has 2 aromatic carbocycles. The van der Waals surface area contributed by atoms with Crippen molar-refractivity contribution in [2.24, 2.45) is 11.8 Å². The number of hydrogen-bond acceptors (Lipinski definition) is 10. The molecule has 12 nitrogen and oxygen atoms in total. The lowest BCUT2D eigenvalue weighted by molar-refractivity contribution is -0.118. The summed E-state index contributed by atoms with van der Waals surface area (Å²) in [6.07, 6.45) is 8.38. The molecule has 4 heterocycles. The quantitative estimate of drug-likeness (QED) is 0.130. The van der Waals surface area contributed by atoms with Crippen molar-refractivity contribution in [1.29, 1.82) is 0 Å². The number of alkyl halides is 2. The summed E-state index contributed by atoms with van der Waals surface area (Å²) in [5, 5.41) is 8.47. The number of pyridine rings is 4. The average Bonchev–Trinajstić information content (AvgIpc) is 4.08. The highest BCUT2D eigenvalue weighted by Gasteiger charge is 2.44. The lowest BCUT2D eigenvalue weighted by Gasteiger charge is -2.11. The van der Waals surface area contributed by atoms with Crippen molar-refractivity contribution < 1.29 is 27.8 Å². The average molecular weight is 705 g/mol. The molecular weight excluding hydrogens is 670 g/mol. The zero-order valence-electron chi connectivity index (χ0n) is 28.1. The van der Waals surface area contributed by atoms with Gasteiger partial charge in [0.2, 0.25) is 11.8 Å². The van der Waals surface area contributed by atoms with Crippen LogP contribution in [0.5, 0.6) is 11.5 Å². The first-order chi connectivity index (χ1) is 25.1. The molecule has 2 aliphatic carbocycles. The Hall–Kier alpha value is -6.44. The molecule has 2 amide bonds. The molecule has 4 atom stereocenters. The van der Waals surface area contributed by atoms with E-state index in [4.69, 9.17) is 20.9 Å². The third-order valence-electron chi connectivity index (χ3n) is 8.96. The minimum atomic E-state index is -1.05. The lowest BCUT2D eigenvalue weighted by atomic mass is 10.0. The Bertz CT molecular complexity index is 2180. The molecule has 6 aromatic rings. The van der Waals surface area contributed by atoms with Crippen LogP contribution in [-0.4, -0.2) is 58.3 Å². The van der Waals surface area contributed by atoms with Crippen molar-refractivity contribution in [3.05, 3.63) is 85.7 Å². The maximum Gasteiger partial charge on any atom is 0.231 e. The zero-order chi connectivity index (χ0) is 36.5. The number of nitrogens with one attached hydrogen (secondary N) is 2. The summed E-state index contributed by atoms with van der Waals surface area (Å²) in [4.78, 5) is 40.5. The highest BCUT2D eigenvalue weighted by Crippen LogP contribution is 2.38. The molecule has 264 valence electrons. The summed E-state index contributed by atoms with van der Waals surface area (Å²) in [6.45, 7) is 0. The Morgan fingerprint density at radius 2 is 1.08 bits per heavy atom. The number of fused-ring (bicyclic) bond motifs is 2. The van der Waals surface area contributed by atoms with E-state index in [-0.39, 0.29) is 24.7 Å². The number of hydrogen-bond donors (Lipinski definition) is 4. The fraction of sp³-hybridized carbons (Fsp3) is 0.211. The number of anilines is 4. The summed E-state index contributed by atoms with van der Waals surface area (Å²) < 4.78 is 36.8. The SMILES string of the molecule is COc1ccncc1-c1cc(N)c2cnc(NC(=O)[C@@H]3C[C@@H]3F)cc2c1.COc1ccncc1-c1cc(N)c2cnc(NC(=O)[C@H]3C[C@H]3F)cc2c1. The van der Waals surface area contributed by atoms with Crippen LogP contribution >= 0.6 is 0 Å². The van der Waals surface area contributed by atoms with Crippen LogP contribution in [0, 0.1) is 11.8 Å². The van der Waals surface area contributed by atoms with Crippen LogP contribution in [0.25, 0.3) is 43.8 Å². The van der Waals surface area contributed by atoms with Crippen molar-refractivity contribution in [3.8, 4) is 33.8 Å². The van der Waals surface area contributed by atoms with Gasteiger partial charge in [0.15, 0.2) is 0 Å². The van der Waals surface area contributed by atoms with E-state index in [1.54, 1.807) is 75.7 Å². The van der Waals surface area contributed by atoms with Gasteiger partial charge in [0, 0.05) is 70.5 Å². The molecule has 4 aromatic heterocycles. The standard InChI is InChI=1S/2C19H17FN4O2/c2*1-26-17-2-3-22-8-14(17)10-4-11-6-18(23-9-13(11)16(21)5-10)24-19(25)12-7-15(12)20/h2*2-6,8-9,12,15H,7,21H2,1H3,(H,23,24,25)/t2*12-,15+/m10/s1. The summed E-state index contributed by atoms with van der Waals surface area (Å²) >= 11 is 0. The van der Waals surface area contributed by atoms with E-state index in [1.165, 1.54) is 0 Å². The number of benzene rings is 2. The molecule has 0 unspecified atom stereocenters. The van der Waals surface area contributed by atoms with Gasteiger partial charge in [0.1, 0.15) is 35.5 Å². The Balaban J connectivity index is 0.000000162. The second-order valence-corrected chi connectivity index (χ2v) is 12.6. The van der Waals surface area contributed by atoms with Gasteiger partial charge in [0.05, 0.1) is 26.1 Å². The molecular formula is C38H34F2N8O4. The van der Waals surface area contributed by atoms with Crippen molar-refractivity contribution in [3.63, 3.8) is 0 Å². The third-order valence-corrected chi connectivity index (χ3v) is 8.96. The fourth-order valence-corrected chi connectivity index (χ4v) is 5.88. The number of amides is 2. The topological polar surface area (TPSA) is 180 Å². The van der Waals surface area contributed by atoms with Crippen molar-refractivity contribution in [2.45, 2.75) is 25.2 Å². The molecule has 0 radical (unpaired) electrons. The largest absolute Gasteiger partial charge is 0.496 e. The van der Waals surface area contributed by atoms with Gasteiger partial charge in [-0.05, 0) is 83.3 Å². The zero-order valence-corrected chi connectivity index (χ0v) is 28.1. The Morgan fingerprint density at radius 1 is 0.673 bits per heavy atom. The molecule has 0 bridgehead atoms. The maximum absolute atomic E-state index is 13.0. The number of methoxy groups -OCH3 is 2. The van der Waals surface area contributed by atoms with Crippen molar-refractivity contribution in [1.82, 2.24) is 19.9 Å². The molecule has 0 saturated heterocycles. The van der Waals surface area contributed by atoms with Crippen LogP contribution in [0.2, 0.25) is 0 Å². The van der Waals surface area contributed by atoms with Crippen LogP contribution in [0.4, 0.5) is 31.8 Å². The Labute approximate surface area is 296 Å². The van der Waals surface area contributed by atoms with Crippen LogP contribution in [0.1, 0.15) is 12.8 Å².